The fourth-order valence-corrected chi connectivity index (χ4v) is 2.39. The molecule has 1 amide bonds. The lowest BCUT2D eigenvalue weighted by atomic mass is 10.0. The normalized spacial score (nSPS) is 19.6. The second-order valence-electron chi connectivity index (χ2n) is 5.04. The lowest BCUT2D eigenvalue weighted by Crippen LogP contribution is -2.38. The third-order valence-corrected chi connectivity index (χ3v) is 3.61. The Morgan fingerprint density at radius 2 is 2.40 bits per heavy atom. The molecule has 0 aliphatic carbocycles. The third kappa shape index (κ3) is 3.22. The summed E-state index contributed by atoms with van der Waals surface area (Å²) in [5.74, 6) is 0.679. The molecule has 0 spiro atoms. The van der Waals surface area contributed by atoms with Gasteiger partial charge in [-0.3, -0.25) is 4.79 Å². The van der Waals surface area contributed by atoms with Crippen molar-refractivity contribution in [1.29, 1.82) is 0 Å². The average Bonchev–Trinajstić information content (AvgIpc) is 2.95. The van der Waals surface area contributed by atoms with Gasteiger partial charge in [-0.15, -0.1) is 0 Å². The van der Waals surface area contributed by atoms with E-state index < -0.39 is 0 Å². The minimum atomic E-state index is -0.153. The summed E-state index contributed by atoms with van der Waals surface area (Å²) in [4.78, 5) is 12.4. The molecule has 1 fully saturated rings. The maximum atomic E-state index is 12.4. The molecule has 20 heavy (non-hydrogen) atoms. The van der Waals surface area contributed by atoms with Gasteiger partial charge in [0.2, 0.25) is 0 Å². The second kappa shape index (κ2) is 6.61. The summed E-state index contributed by atoms with van der Waals surface area (Å²) < 4.78 is 10.8. The molecule has 1 heterocycles. The molecule has 0 saturated carbocycles. The lowest BCUT2D eigenvalue weighted by molar-refractivity contribution is 0.0918. The first kappa shape index (κ1) is 14.7. The molecule has 1 aromatic rings. The van der Waals surface area contributed by atoms with Crippen LogP contribution in [0.1, 0.15) is 30.6 Å². The molecule has 3 N–H and O–H groups in total. The maximum Gasteiger partial charge on any atom is 0.255 e. The number of benzene rings is 1. The summed E-state index contributed by atoms with van der Waals surface area (Å²) in [7, 11) is 0. The molecule has 1 aliphatic rings. The first-order chi connectivity index (χ1) is 9.63. The van der Waals surface area contributed by atoms with Crippen molar-refractivity contribution in [1.82, 2.24) is 5.32 Å². The predicted molar refractivity (Wildman–Crippen MR) is 77.9 cm³/mol. The summed E-state index contributed by atoms with van der Waals surface area (Å²) in [5.41, 5.74) is 6.84. The predicted octanol–water partition coefficient (Wildman–Crippen LogP) is 1.82. The van der Waals surface area contributed by atoms with E-state index >= 15 is 0 Å². The highest BCUT2D eigenvalue weighted by Gasteiger charge is 2.25. The van der Waals surface area contributed by atoms with E-state index in [1.54, 1.807) is 18.2 Å². The standard InChI is InChI=1S/C15H22N2O3/c1-3-20-14-12(5-4-6-13(14)16)15(18)17-10(2)11-7-8-19-9-11/h4-6,10-11H,3,7-9,16H2,1-2H3,(H,17,18). The Labute approximate surface area is 119 Å². The molecule has 5 heteroatoms. The van der Waals surface area contributed by atoms with Crippen molar-refractivity contribution in [2.75, 3.05) is 25.6 Å². The zero-order chi connectivity index (χ0) is 14.5. The van der Waals surface area contributed by atoms with Crippen molar-refractivity contribution in [3.8, 4) is 5.75 Å². The topological polar surface area (TPSA) is 73.6 Å². The summed E-state index contributed by atoms with van der Waals surface area (Å²) in [6.07, 6.45) is 0.983. The van der Waals surface area contributed by atoms with Gasteiger partial charge in [0.15, 0.2) is 5.75 Å². The van der Waals surface area contributed by atoms with Crippen LogP contribution in [0.25, 0.3) is 0 Å². The summed E-state index contributed by atoms with van der Waals surface area (Å²) in [6.45, 7) is 5.82. The monoisotopic (exact) mass is 278 g/mol. The van der Waals surface area contributed by atoms with Gasteiger partial charge in [-0.25, -0.2) is 0 Å². The number of para-hydroxylation sites is 1. The number of hydrogen-bond donors (Lipinski definition) is 2. The van der Waals surface area contributed by atoms with Gasteiger partial charge in [-0.05, 0) is 32.4 Å². The van der Waals surface area contributed by atoms with E-state index in [1.807, 2.05) is 13.8 Å². The Hall–Kier alpha value is -1.75. The van der Waals surface area contributed by atoms with Crippen molar-refractivity contribution < 1.29 is 14.3 Å². The number of hydrogen-bond acceptors (Lipinski definition) is 4. The smallest absolute Gasteiger partial charge is 0.255 e. The van der Waals surface area contributed by atoms with Crippen molar-refractivity contribution in [2.24, 2.45) is 5.92 Å². The number of ether oxygens (including phenoxy) is 2. The molecule has 5 nitrogen and oxygen atoms in total. The number of nitrogen functional groups attached to an aromatic ring is 1. The van der Waals surface area contributed by atoms with Crippen LogP contribution in [0.5, 0.6) is 5.75 Å². The Kier molecular flexibility index (Phi) is 4.84. The molecule has 1 aliphatic heterocycles. The molecule has 0 radical (unpaired) electrons. The molecule has 1 aromatic carbocycles. The zero-order valence-corrected chi connectivity index (χ0v) is 12.0. The van der Waals surface area contributed by atoms with Crippen LogP contribution in [-0.2, 0) is 4.74 Å². The van der Waals surface area contributed by atoms with Crippen LogP contribution in [-0.4, -0.2) is 31.8 Å². The number of anilines is 1. The fourth-order valence-electron chi connectivity index (χ4n) is 2.39. The number of nitrogens with two attached hydrogens (primary N) is 1. The second-order valence-corrected chi connectivity index (χ2v) is 5.04. The molecule has 2 atom stereocenters. The van der Waals surface area contributed by atoms with Gasteiger partial charge in [0.05, 0.1) is 24.5 Å². The summed E-state index contributed by atoms with van der Waals surface area (Å²) in [6, 6.07) is 5.29. The average molecular weight is 278 g/mol. The number of amides is 1. The number of rotatable bonds is 5. The van der Waals surface area contributed by atoms with Crippen molar-refractivity contribution in [3.05, 3.63) is 23.8 Å². The summed E-state index contributed by atoms with van der Waals surface area (Å²) >= 11 is 0. The first-order valence-electron chi connectivity index (χ1n) is 7.03. The fraction of sp³-hybridized carbons (Fsp3) is 0.533. The van der Waals surface area contributed by atoms with Gasteiger partial charge in [-0.2, -0.15) is 0 Å². The molecule has 0 bridgehead atoms. The van der Waals surface area contributed by atoms with Gasteiger partial charge in [0.1, 0.15) is 0 Å². The molecule has 2 rings (SSSR count). The number of carbonyl (C=O) groups is 1. The van der Waals surface area contributed by atoms with Gasteiger partial charge in [0.25, 0.3) is 5.91 Å². The quantitative estimate of drug-likeness (QED) is 0.806. The molecular formula is C15H22N2O3. The molecule has 2 unspecified atom stereocenters. The maximum absolute atomic E-state index is 12.4. The van der Waals surface area contributed by atoms with Crippen LogP contribution in [0.15, 0.2) is 18.2 Å². The highest BCUT2D eigenvalue weighted by atomic mass is 16.5. The minimum absolute atomic E-state index is 0.0703. The molecule has 110 valence electrons. The van der Waals surface area contributed by atoms with Gasteiger partial charge in [0, 0.05) is 18.6 Å². The molecule has 0 aromatic heterocycles. The van der Waals surface area contributed by atoms with Gasteiger partial charge < -0.3 is 20.5 Å². The Morgan fingerprint density at radius 1 is 1.60 bits per heavy atom. The highest BCUT2D eigenvalue weighted by Crippen LogP contribution is 2.27. The van der Waals surface area contributed by atoms with Crippen molar-refractivity contribution in [3.63, 3.8) is 0 Å². The van der Waals surface area contributed by atoms with Crippen molar-refractivity contribution >= 4 is 11.6 Å². The van der Waals surface area contributed by atoms with E-state index in [0.29, 0.717) is 36.1 Å². The third-order valence-electron chi connectivity index (χ3n) is 3.61. The Bertz CT molecular complexity index is 470. The number of carbonyl (C=O) groups excluding carboxylic acids is 1. The first-order valence-corrected chi connectivity index (χ1v) is 7.03. The van der Waals surface area contributed by atoms with E-state index in [9.17, 15) is 4.79 Å². The van der Waals surface area contributed by atoms with Crippen LogP contribution >= 0.6 is 0 Å². The zero-order valence-electron chi connectivity index (χ0n) is 12.0. The Balaban J connectivity index is 2.10. The van der Waals surface area contributed by atoms with E-state index in [1.165, 1.54) is 0 Å². The number of nitrogens with one attached hydrogen (secondary N) is 1. The van der Waals surface area contributed by atoms with Crippen LogP contribution in [0.4, 0.5) is 5.69 Å². The minimum Gasteiger partial charge on any atom is -0.491 e. The SMILES string of the molecule is CCOc1c(N)cccc1C(=O)NC(C)C1CCOC1. The van der Waals surface area contributed by atoms with E-state index in [2.05, 4.69) is 5.32 Å². The van der Waals surface area contributed by atoms with E-state index in [4.69, 9.17) is 15.2 Å². The van der Waals surface area contributed by atoms with Gasteiger partial charge in [-0.1, -0.05) is 6.07 Å². The summed E-state index contributed by atoms with van der Waals surface area (Å²) in [5, 5.41) is 3.01. The van der Waals surface area contributed by atoms with E-state index in [-0.39, 0.29) is 11.9 Å². The molecule has 1 saturated heterocycles. The lowest BCUT2D eigenvalue weighted by Gasteiger charge is -2.20. The Morgan fingerprint density at radius 3 is 3.05 bits per heavy atom. The van der Waals surface area contributed by atoms with Crippen LogP contribution in [0, 0.1) is 5.92 Å². The van der Waals surface area contributed by atoms with Gasteiger partial charge >= 0.3 is 0 Å². The van der Waals surface area contributed by atoms with Crippen molar-refractivity contribution in [2.45, 2.75) is 26.3 Å². The van der Waals surface area contributed by atoms with Crippen LogP contribution < -0.4 is 15.8 Å². The van der Waals surface area contributed by atoms with Crippen LogP contribution in [0.3, 0.4) is 0 Å². The molecular weight excluding hydrogens is 256 g/mol. The van der Waals surface area contributed by atoms with Crippen LogP contribution in [0.2, 0.25) is 0 Å². The highest BCUT2D eigenvalue weighted by molar-refractivity contribution is 5.98. The van der Waals surface area contributed by atoms with E-state index in [0.717, 1.165) is 13.0 Å². The largest absolute Gasteiger partial charge is 0.491 e.